The maximum Gasteiger partial charge on any atom is 0.0798 e. The first kappa shape index (κ1) is 10.1. The maximum atomic E-state index is 10.5. The van der Waals surface area contributed by atoms with Crippen molar-refractivity contribution < 1.29 is 5.11 Å². The molecule has 0 amide bonds. The molecule has 86 valence electrons. The van der Waals surface area contributed by atoms with Gasteiger partial charge in [0.1, 0.15) is 0 Å². The number of likely N-dealkylation sites (tertiary alicyclic amines) is 1. The molecule has 0 spiro atoms. The maximum absolute atomic E-state index is 10.5. The topological polar surface area (TPSA) is 35.5 Å². The number of hydrogen-bond donors (Lipinski definition) is 2. The molecule has 2 atom stereocenters. The van der Waals surface area contributed by atoms with Crippen LogP contribution in [0, 0.1) is 5.92 Å². The highest BCUT2D eigenvalue weighted by molar-refractivity contribution is 4.96. The van der Waals surface area contributed by atoms with Crippen molar-refractivity contribution in [2.45, 2.75) is 43.7 Å². The van der Waals surface area contributed by atoms with Crippen LogP contribution in [0.1, 0.15) is 32.1 Å². The molecule has 0 aromatic heterocycles. The highest BCUT2D eigenvalue weighted by Gasteiger charge is 2.41. The van der Waals surface area contributed by atoms with Crippen LogP contribution in [0.5, 0.6) is 0 Å². The highest BCUT2D eigenvalue weighted by Crippen LogP contribution is 2.38. The van der Waals surface area contributed by atoms with E-state index in [1.54, 1.807) is 0 Å². The van der Waals surface area contributed by atoms with Gasteiger partial charge in [-0.15, -0.1) is 0 Å². The second-order valence-electron chi connectivity index (χ2n) is 5.74. The Morgan fingerprint density at radius 3 is 2.67 bits per heavy atom. The molecule has 2 heterocycles. The molecule has 2 unspecified atom stereocenters. The van der Waals surface area contributed by atoms with Gasteiger partial charge in [0, 0.05) is 19.1 Å². The molecule has 0 aromatic carbocycles. The zero-order chi connectivity index (χ0) is 10.3. The Morgan fingerprint density at radius 1 is 1.27 bits per heavy atom. The third-order valence-corrected chi connectivity index (χ3v) is 4.55. The first-order valence-corrected chi connectivity index (χ1v) is 6.42. The Bertz CT molecular complexity index is 238. The van der Waals surface area contributed by atoms with Crippen molar-refractivity contribution in [3.8, 4) is 0 Å². The average Bonchev–Trinajstić information content (AvgIpc) is 2.79. The number of fused-ring (bicyclic) bond motifs is 2. The lowest BCUT2D eigenvalue weighted by Crippen LogP contribution is -2.51. The van der Waals surface area contributed by atoms with Gasteiger partial charge in [-0.1, -0.05) is 0 Å². The summed E-state index contributed by atoms with van der Waals surface area (Å²) >= 11 is 0. The first-order valence-electron chi connectivity index (χ1n) is 6.42. The van der Waals surface area contributed by atoms with Crippen LogP contribution in [0.4, 0.5) is 0 Å². The largest absolute Gasteiger partial charge is 0.388 e. The fraction of sp³-hybridized carbons (Fsp3) is 1.00. The van der Waals surface area contributed by atoms with Crippen LogP contribution in [-0.2, 0) is 0 Å². The van der Waals surface area contributed by atoms with E-state index in [-0.39, 0.29) is 0 Å². The predicted molar refractivity (Wildman–Crippen MR) is 59.8 cm³/mol. The van der Waals surface area contributed by atoms with Crippen LogP contribution in [0.2, 0.25) is 0 Å². The second kappa shape index (κ2) is 3.72. The van der Waals surface area contributed by atoms with E-state index in [1.165, 1.54) is 25.8 Å². The Labute approximate surface area is 91.8 Å². The Morgan fingerprint density at radius 2 is 2.07 bits per heavy atom. The van der Waals surface area contributed by atoms with E-state index in [4.69, 9.17) is 0 Å². The minimum absolute atomic E-state index is 0.393. The summed E-state index contributed by atoms with van der Waals surface area (Å²) in [6, 6.07) is 0.800. The lowest BCUT2D eigenvalue weighted by molar-refractivity contribution is -0.0275. The lowest BCUT2D eigenvalue weighted by Gasteiger charge is -2.38. The Hall–Kier alpha value is -0.120. The van der Waals surface area contributed by atoms with Gasteiger partial charge in [-0.05, 0) is 51.1 Å². The zero-order valence-electron chi connectivity index (χ0n) is 9.41. The quantitative estimate of drug-likeness (QED) is 0.700. The van der Waals surface area contributed by atoms with E-state index in [0.29, 0.717) is 0 Å². The Kier molecular flexibility index (Phi) is 2.49. The van der Waals surface area contributed by atoms with Gasteiger partial charge >= 0.3 is 0 Å². The molecule has 3 nitrogen and oxygen atoms in total. The molecule has 3 aliphatic rings. The van der Waals surface area contributed by atoms with Gasteiger partial charge in [-0.2, -0.15) is 0 Å². The van der Waals surface area contributed by atoms with E-state index in [0.717, 1.165) is 44.4 Å². The molecular weight excluding hydrogens is 188 g/mol. The van der Waals surface area contributed by atoms with Gasteiger partial charge in [0.05, 0.1) is 5.60 Å². The lowest BCUT2D eigenvalue weighted by atomic mass is 9.91. The summed E-state index contributed by atoms with van der Waals surface area (Å²) in [5, 5.41) is 13.8. The number of aliphatic hydroxyl groups is 1. The first-order chi connectivity index (χ1) is 7.25. The van der Waals surface area contributed by atoms with Gasteiger partial charge in [0.25, 0.3) is 0 Å². The molecular formula is C12H22N2O. The van der Waals surface area contributed by atoms with E-state index in [2.05, 4.69) is 10.2 Å². The number of hydrogen-bond acceptors (Lipinski definition) is 3. The summed E-state index contributed by atoms with van der Waals surface area (Å²) in [6.07, 6.45) is 6.07. The van der Waals surface area contributed by atoms with Crippen LogP contribution in [0.3, 0.4) is 0 Å². The zero-order valence-corrected chi connectivity index (χ0v) is 9.41. The molecule has 15 heavy (non-hydrogen) atoms. The van der Waals surface area contributed by atoms with Crippen molar-refractivity contribution in [1.82, 2.24) is 10.2 Å². The smallest absolute Gasteiger partial charge is 0.0798 e. The minimum atomic E-state index is -0.393. The fourth-order valence-corrected chi connectivity index (χ4v) is 3.65. The molecule has 1 aliphatic carbocycles. The van der Waals surface area contributed by atoms with Crippen LogP contribution in [-0.4, -0.2) is 47.8 Å². The number of rotatable bonds is 2. The van der Waals surface area contributed by atoms with E-state index >= 15 is 0 Å². The monoisotopic (exact) mass is 210 g/mol. The summed E-state index contributed by atoms with van der Waals surface area (Å²) in [6.45, 7) is 4.15. The molecule has 0 radical (unpaired) electrons. The SMILES string of the molecule is OC1(CN2CC3CCC2C3)CCNCC1. The summed E-state index contributed by atoms with van der Waals surface area (Å²) < 4.78 is 0. The third kappa shape index (κ3) is 1.93. The molecule has 0 aromatic rings. The Balaban J connectivity index is 1.60. The van der Waals surface area contributed by atoms with Crippen molar-refractivity contribution in [2.75, 3.05) is 26.2 Å². The van der Waals surface area contributed by atoms with Crippen LogP contribution in [0.25, 0.3) is 0 Å². The van der Waals surface area contributed by atoms with E-state index in [9.17, 15) is 5.11 Å². The predicted octanol–water partition coefficient (Wildman–Crippen LogP) is 0.585. The fourth-order valence-electron chi connectivity index (χ4n) is 3.65. The molecule has 3 rings (SSSR count). The van der Waals surface area contributed by atoms with Crippen LogP contribution >= 0.6 is 0 Å². The van der Waals surface area contributed by atoms with Gasteiger partial charge in [-0.25, -0.2) is 0 Å². The molecule has 2 N–H and O–H groups in total. The van der Waals surface area contributed by atoms with Gasteiger partial charge in [0.2, 0.25) is 0 Å². The molecule has 2 bridgehead atoms. The number of nitrogens with zero attached hydrogens (tertiary/aromatic N) is 1. The third-order valence-electron chi connectivity index (χ3n) is 4.55. The molecule has 3 fully saturated rings. The van der Waals surface area contributed by atoms with Crippen LogP contribution < -0.4 is 5.32 Å². The standard InChI is InChI=1S/C12H22N2O/c15-12(3-5-13-6-4-12)9-14-8-10-1-2-11(14)7-10/h10-11,13,15H,1-9H2. The van der Waals surface area contributed by atoms with Crippen molar-refractivity contribution in [3.05, 3.63) is 0 Å². The minimum Gasteiger partial charge on any atom is -0.388 e. The van der Waals surface area contributed by atoms with Crippen molar-refractivity contribution in [2.24, 2.45) is 5.92 Å². The normalized spacial score (nSPS) is 39.8. The van der Waals surface area contributed by atoms with E-state index < -0.39 is 5.60 Å². The summed E-state index contributed by atoms with van der Waals surface area (Å²) in [5.41, 5.74) is -0.393. The number of β-amino-alcohol motifs (C(OH)–C–C–N with tert-alkyl or cyclic N) is 1. The molecule has 1 saturated carbocycles. The highest BCUT2D eigenvalue weighted by atomic mass is 16.3. The summed E-state index contributed by atoms with van der Waals surface area (Å²) in [7, 11) is 0. The summed E-state index contributed by atoms with van der Waals surface area (Å²) in [5.74, 6) is 0.945. The van der Waals surface area contributed by atoms with Gasteiger partial charge < -0.3 is 10.4 Å². The van der Waals surface area contributed by atoms with Crippen molar-refractivity contribution in [3.63, 3.8) is 0 Å². The van der Waals surface area contributed by atoms with Crippen molar-refractivity contribution >= 4 is 0 Å². The van der Waals surface area contributed by atoms with Gasteiger partial charge in [0.15, 0.2) is 0 Å². The van der Waals surface area contributed by atoms with E-state index in [1.807, 2.05) is 0 Å². The summed E-state index contributed by atoms with van der Waals surface area (Å²) in [4.78, 5) is 2.56. The molecule has 2 saturated heterocycles. The van der Waals surface area contributed by atoms with Crippen molar-refractivity contribution in [1.29, 1.82) is 0 Å². The second-order valence-corrected chi connectivity index (χ2v) is 5.74. The van der Waals surface area contributed by atoms with Crippen LogP contribution in [0.15, 0.2) is 0 Å². The number of piperidine rings is 2. The average molecular weight is 210 g/mol. The molecule has 2 aliphatic heterocycles. The van der Waals surface area contributed by atoms with Gasteiger partial charge in [-0.3, -0.25) is 4.90 Å². The molecule has 3 heteroatoms. The number of nitrogens with one attached hydrogen (secondary N) is 1.